The molecule has 8 heteroatoms. The number of hydrogen-bond donors (Lipinski definition) is 1. The van der Waals surface area contributed by atoms with E-state index in [4.69, 9.17) is 22.1 Å². The quantitative estimate of drug-likeness (QED) is 0.720. The maximum Gasteiger partial charge on any atom is 0.227 e. The van der Waals surface area contributed by atoms with Gasteiger partial charge in [0.05, 0.1) is 5.75 Å². The zero-order valence-electron chi connectivity index (χ0n) is 14.8. The van der Waals surface area contributed by atoms with Crippen molar-refractivity contribution < 1.29 is 9.53 Å². The highest BCUT2D eigenvalue weighted by atomic mass is 35.5. The molecule has 0 radical (unpaired) electrons. The fourth-order valence-corrected chi connectivity index (χ4v) is 4.25. The number of carbonyl (C=O) groups is 1. The Labute approximate surface area is 162 Å². The Kier molecular flexibility index (Phi) is 6.43. The molecule has 1 amide bonds. The molecule has 1 aliphatic rings. The van der Waals surface area contributed by atoms with Crippen molar-refractivity contribution in [1.29, 1.82) is 0 Å². The van der Waals surface area contributed by atoms with Gasteiger partial charge in [0.2, 0.25) is 5.91 Å². The smallest absolute Gasteiger partial charge is 0.227 e. The molecule has 0 aliphatic heterocycles. The van der Waals surface area contributed by atoms with Gasteiger partial charge in [0.1, 0.15) is 12.4 Å². The Morgan fingerprint density at radius 2 is 2.12 bits per heavy atom. The predicted molar refractivity (Wildman–Crippen MR) is 103 cm³/mol. The summed E-state index contributed by atoms with van der Waals surface area (Å²) < 4.78 is 8.10. The molecule has 6 nitrogen and oxygen atoms in total. The molecule has 1 fully saturated rings. The second-order valence-corrected chi connectivity index (χ2v) is 7.89. The second-order valence-electron chi connectivity index (χ2n) is 6.51. The molecule has 1 aromatic carbocycles. The number of halogens is 1. The van der Waals surface area contributed by atoms with Gasteiger partial charge in [-0.3, -0.25) is 9.36 Å². The number of primary amides is 1. The summed E-state index contributed by atoms with van der Waals surface area (Å²) in [5, 5.41) is 10.0. The van der Waals surface area contributed by atoms with Crippen LogP contribution in [0.15, 0.2) is 23.4 Å². The summed E-state index contributed by atoms with van der Waals surface area (Å²) in [5.41, 5.74) is 6.26. The monoisotopic (exact) mass is 394 g/mol. The van der Waals surface area contributed by atoms with Crippen LogP contribution in [0.5, 0.6) is 5.75 Å². The topological polar surface area (TPSA) is 83.0 Å². The fourth-order valence-electron chi connectivity index (χ4n) is 3.26. The van der Waals surface area contributed by atoms with Crippen LogP contribution in [0.3, 0.4) is 0 Å². The minimum Gasteiger partial charge on any atom is -0.485 e. The number of nitrogens with two attached hydrogens (primary N) is 1. The Morgan fingerprint density at radius 1 is 1.35 bits per heavy atom. The summed E-state index contributed by atoms with van der Waals surface area (Å²) in [6.45, 7) is 2.28. The Morgan fingerprint density at radius 3 is 2.81 bits per heavy atom. The van der Waals surface area contributed by atoms with Gasteiger partial charge in [-0.05, 0) is 43.5 Å². The van der Waals surface area contributed by atoms with Crippen LogP contribution in [0.25, 0.3) is 0 Å². The number of nitrogens with zero attached hydrogens (tertiary/aromatic N) is 3. The van der Waals surface area contributed by atoms with E-state index in [2.05, 4.69) is 14.8 Å². The molecule has 1 saturated carbocycles. The fraction of sp³-hybridized carbons (Fsp3) is 0.500. The van der Waals surface area contributed by atoms with E-state index in [0.29, 0.717) is 17.7 Å². The molecular weight excluding hydrogens is 372 g/mol. The van der Waals surface area contributed by atoms with Crippen molar-refractivity contribution in [2.75, 3.05) is 5.75 Å². The van der Waals surface area contributed by atoms with E-state index < -0.39 is 0 Å². The first-order valence-electron chi connectivity index (χ1n) is 8.78. The van der Waals surface area contributed by atoms with Crippen LogP contribution >= 0.6 is 23.4 Å². The van der Waals surface area contributed by atoms with Gasteiger partial charge in [0.25, 0.3) is 0 Å². The van der Waals surface area contributed by atoms with Crippen LogP contribution in [0.1, 0.15) is 49.5 Å². The molecule has 2 aromatic rings. The number of hydrogen-bond acceptors (Lipinski definition) is 5. The third kappa shape index (κ3) is 4.71. The maximum absolute atomic E-state index is 11.2. The van der Waals surface area contributed by atoms with E-state index in [1.807, 2.05) is 25.1 Å². The van der Waals surface area contributed by atoms with Crippen LogP contribution in [-0.2, 0) is 11.4 Å². The lowest BCUT2D eigenvalue weighted by atomic mass is 9.95. The van der Waals surface area contributed by atoms with Crippen molar-refractivity contribution in [3.63, 3.8) is 0 Å². The first-order chi connectivity index (χ1) is 12.5. The summed E-state index contributed by atoms with van der Waals surface area (Å²) in [4.78, 5) is 11.2. The number of thioether (sulfide) groups is 1. The average molecular weight is 395 g/mol. The standard InChI is InChI=1S/C18H23ClN4O2S/c1-12-9-13(19)7-8-15(12)25-10-17-21-22-18(26-11-16(20)24)23(17)14-5-3-2-4-6-14/h7-9,14H,2-6,10-11H2,1H3,(H2,20,24). The number of ether oxygens (including phenoxy) is 1. The summed E-state index contributed by atoms with van der Waals surface area (Å²) >= 11 is 7.34. The van der Waals surface area contributed by atoms with Gasteiger partial charge in [-0.25, -0.2) is 0 Å². The Balaban J connectivity index is 1.79. The molecule has 2 N–H and O–H groups in total. The lowest BCUT2D eigenvalue weighted by Gasteiger charge is -2.25. The molecule has 0 spiro atoms. The van der Waals surface area contributed by atoms with Crippen LogP contribution in [0.2, 0.25) is 5.02 Å². The molecule has 0 saturated heterocycles. The van der Waals surface area contributed by atoms with Crippen LogP contribution in [0.4, 0.5) is 0 Å². The van der Waals surface area contributed by atoms with Gasteiger partial charge >= 0.3 is 0 Å². The SMILES string of the molecule is Cc1cc(Cl)ccc1OCc1nnc(SCC(N)=O)n1C1CCCCC1. The Bertz CT molecular complexity index is 775. The van der Waals surface area contributed by atoms with E-state index in [0.717, 1.165) is 35.1 Å². The summed E-state index contributed by atoms with van der Waals surface area (Å²) in [5.74, 6) is 1.39. The van der Waals surface area contributed by atoms with Crippen molar-refractivity contribution >= 4 is 29.3 Å². The number of rotatable bonds is 7. The van der Waals surface area contributed by atoms with Gasteiger partial charge in [0.15, 0.2) is 11.0 Å². The van der Waals surface area contributed by atoms with E-state index in [9.17, 15) is 4.79 Å². The largest absolute Gasteiger partial charge is 0.485 e. The molecule has 26 heavy (non-hydrogen) atoms. The molecule has 1 aliphatic carbocycles. The minimum absolute atomic E-state index is 0.196. The maximum atomic E-state index is 11.2. The lowest BCUT2D eigenvalue weighted by Crippen LogP contribution is -2.19. The third-order valence-electron chi connectivity index (χ3n) is 4.51. The summed E-state index contributed by atoms with van der Waals surface area (Å²) in [6.07, 6.45) is 5.83. The summed E-state index contributed by atoms with van der Waals surface area (Å²) in [7, 11) is 0. The van der Waals surface area contributed by atoms with Crippen LogP contribution in [-0.4, -0.2) is 26.4 Å². The highest BCUT2D eigenvalue weighted by Gasteiger charge is 2.23. The van der Waals surface area contributed by atoms with E-state index in [-0.39, 0.29) is 11.7 Å². The minimum atomic E-state index is -0.359. The van der Waals surface area contributed by atoms with Crippen molar-refractivity contribution in [3.05, 3.63) is 34.6 Å². The predicted octanol–water partition coefficient (Wildman–Crippen LogP) is 3.90. The van der Waals surface area contributed by atoms with Crippen molar-refractivity contribution in [2.45, 2.75) is 56.8 Å². The van der Waals surface area contributed by atoms with Gasteiger partial charge in [-0.2, -0.15) is 0 Å². The lowest BCUT2D eigenvalue weighted by molar-refractivity contribution is -0.115. The molecule has 1 aromatic heterocycles. The molecule has 140 valence electrons. The van der Waals surface area contributed by atoms with Crippen LogP contribution in [0, 0.1) is 6.92 Å². The third-order valence-corrected chi connectivity index (χ3v) is 5.71. The number of aromatic nitrogens is 3. The summed E-state index contributed by atoms with van der Waals surface area (Å²) in [6, 6.07) is 5.89. The number of aryl methyl sites for hydroxylation is 1. The van der Waals surface area contributed by atoms with E-state index in [1.165, 1.54) is 31.0 Å². The van der Waals surface area contributed by atoms with Crippen molar-refractivity contribution in [1.82, 2.24) is 14.8 Å². The zero-order chi connectivity index (χ0) is 18.5. The Hall–Kier alpha value is -1.73. The zero-order valence-corrected chi connectivity index (χ0v) is 16.4. The van der Waals surface area contributed by atoms with E-state index in [1.54, 1.807) is 0 Å². The molecular formula is C18H23ClN4O2S. The molecule has 0 bridgehead atoms. The number of amides is 1. The average Bonchev–Trinajstić information content (AvgIpc) is 3.03. The second kappa shape index (κ2) is 8.77. The highest BCUT2D eigenvalue weighted by molar-refractivity contribution is 7.99. The van der Waals surface area contributed by atoms with Crippen molar-refractivity contribution in [3.8, 4) is 5.75 Å². The first kappa shape index (κ1) is 19.0. The molecule has 3 rings (SSSR count). The molecule has 0 unspecified atom stereocenters. The first-order valence-corrected chi connectivity index (χ1v) is 10.1. The number of carbonyl (C=O) groups excluding carboxylic acids is 1. The van der Waals surface area contributed by atoms with Gasteiger partial charge in [-0.1, -0.05) is 42.6 Å². The van der Waals surface area contributed by atoms with Gasteiger partial charge < -0.3 is 10.5 Å². The van der Waals surface area contributed by atoms with Crippen molar-refractivity contribution in [2.24, 2.45) is 5.73 Å². The highest BCUT2D eigenvalue weighted by Crippen LogP contribution is 2.33. The molecule has 1 heterocycles. The van der Waals surface area contributed by atoms with Crippen LogP contribution < -0.4 is 10.5 Å². The van der Waals surface area contributed by atoms with E-state index >= 15 is 0 Å². The van der Waals surface area contributed by atoms with Gasteiger partial charge in [-0.15, -0.1) is 10.2 Å². The normalized spacial score (nSPS) is 15.2. The number of benzene rings is 1. The van der Waals surface area contributed by atoms with Gasteiger partial charge in [0, 0.05) is 11.1 Å². The molecule has 0 atom stereocenters.